The van der Waals surface area contributed by atoms with Gasteiger partial charge in [-0.25, -0.2) is 4.39 Å². The van der Waals surface area contributed by atoms with Gasteiger partial charge >= 0.3 is 0 Å². The highest BCUT2D eigenvalue weighted by molar-refractivity contribution is 9.10. The molecule has 0 heterocycles. The molecule has 1 N–H and O–H groups in total. The summed E-state index contributed by atoms with van der Waals surface area (Å²) >= 11 is 3.12. The first kappa shape index (κ1) is 14.4. The summed E-state index contributed by atoms with van der Waals surface area (Å²) in [5, 5.41) is 19.9. The minimum Gasteiger partial charge on any atom is -0.454 e. The fourth-order valence-corrected chi connectivity index (χ4v) is 2.08. The zero-order valence-corrected chi connectivity index (χ0v) is 11.6. The van der Waals surface area contributed by atoms with Crippen molar-refractivity contribution in [3.05, 3.63) is 62.4 Å². The van der Waals surface area contributed by atoms with E-state index in [1.807, 2.05) is 0 Å². The van der Waals surface area contributed by atoms with Gasteiger partial charge in [-0.1, -0.05) is 28.1 Å². The number of aliphatic hydroxyl groups excluding tert-OH is 1. The van der Waals surface area contributed by atoms with Gasteiger partial charge in [-0.3, -0.25) is 10.1 Å². The van der Waals surface area contributed by atoms with E-state index in [-0.39, 0.29) is 22.7 Å². The number of nitro groups is 1. The van der Waals surface area contributed by atoms with Crippen LogP contribution in [0.2, 0.25) is 0 Å². The predicted octanol–water partition coefficient (Wildman–Crippen LogP) is 3.78. The van der Waals surface area contributed by atoms with Gasteiger partial charge in [0.1, 0.15) is 5.75 Å². The van der Waals surface area contributed by atoms with Gasteiger partial charge in [0.25, 0.3) is 5.69 Å². The minimum absolute atomic E-state index is 0.103. The normalized spacial score (nSPS) is 10.3. The zero-order chi connectivity index (χ0) is 14.7. The van der Waals surface area contributed by atoms with Crippen molar-refractivity contribution < 1.29 is 19.2 Å². The molecule has 0 bridgehead atoms. The van der Waals surface area contributed by atoms with Crippen LogP contribution in [0.1, 0.15) is 5.56 Å². The molecular weight excluding hydrogens is 333 g/mol. The maximum absolute atomic E-state index is 13.7. The highest BCUT2D eigenvalue weighted by atomic mass is 79.9. The molecule has 0 fully saturated rings. The Morgan fingerprint density at radius 1 is 1.35 bits per heavy atom. The molecular formula is C13H9BrFNO4. The van der Waals surface area contributed by atoms with E-state index < -0.39 is 17.3 Å². The van der Waals surface area contributed by atoms with Crippen LogP contribution in [0, 0.1) is 15.9 Å². The second kappa shape index (κ2) is 5.98. The monoisotopic (exact) mass is 341 g/mol. The van der Waals surface area contributed by atoms with Gasteiger partial charge in [-0.15, -0.1) is 0 Å². The molecule has 7 heteroatoms. The molecule has 0 amide bonds. The fourth-order valence-electron chi connectivity index (χ4n) is 1.62. The number of halogens is 2. The minimum atomic E-state index is -0.654. The summed E-state index contributed by atoms with van der Waals surface area (Å²) in [5.74, 6) is -0.701. The number of hydrogen-bond donors (Lipinski definition) is 1. The molecule has 0 aliphatic heterocycles. The summed E-state index contributed by atoms with van der Waals surface area (Å²) in [6.45, 7) is -0.400. The first-order chi connectivity index (χ1) is 9.51. The second-order valence-electron chi connectivity index (χ2n) is 3.89. The van der Waals surface area contributed by atoms with Crippen LogP contribution in [0.4, 0.5) is 10.1 Å². The molecule has 0 atom stereocenters. The van der Waals surface area contributed by atoms with Gasteiger partial charge in [0.15, 0.2) is 11.6 Å². The van der Waals surface area contributed by atoms with Crippen molar-refractivity contribution in [3.63, 3.8) is 0 Å². The number of rotatable bonds is 4. The molecule has 2 aromatic rings. The maximum Gasteiger partial charge on any atom is 0.274 e. The molecule has 2 rings (SSSR count). The first-order valence-corrected chi connectivity index (χ1v) is 6.31. The van der Waals surface area contributed by atoms with Crippen molar-refractivity contribution in [1.82, 2.24) is 0 Å². The van der Waals surface area contributed by atoms with Crippen LogP contribution in [0.5, 0.6) is 11.5 Å². The van der Waals surface area contributed by atoms with Crippen LogP contribution in [0.3, 0.4) is 0 Å². The van der Waals surface area contributed by atoms with E-state index in [9.17, 15) is 14.5 Å². The predicted molar refractivity (Wildman–Crippen MR) is 73.2 cm³/mol. The summed E-state index contributed by atoms with van der Waals surface area (Å²) in [6.07, 6.45) is 0. The lowest BCUT2D eigenvalue weighted by Crippen LogP contribution is -1.96. The summed E-state index contributed by atoms with van der Waals surface area (Å²) in [6, 6.07) is 8.09. The lowest BCUT2D eigenvalue weighted by molar-refractivity contribution is -0.385. The fraction of sp³-hybridized carbons (Fsp3) is 0.0769. The molecule has 0 aromatic heterocycles. The summed E-state index contributed by atoms with van der Waals surface area (Å²) < 4.78 is 19.5. The van der Waals surface area contributed by atoms with Gasteiger partial charge in [0.2, 0.25) is 0 Å². The smallest absolute Gasteiger partial charge is 0.274 e. The number of hydrogen-bond acceptors (Lipinski definition) is 4. The second-order valence-corrected chi connectivity index (χ2v) is 4.81. The van der Waals surface area contributed by atoms with Crippen molar-refractivity contribution in [2.75, 3.05) is 0 Å². The molecule has 20 heavy (non-hydrogen) atoms. The molecule has 0 saturated carbocycles. The summed E-state index contributed by atoms with van der Waals surface area (Å²) in [4.78, 5) is 10.2. The number of nitro benzene ring substituents is 1. The van der Waals surface area contributed by atoms with E-state index in [4.69, 9.17) is 9.84 Å². The van der Waals surface area contributed by atoms with Gasteiger partial charge < -0.3 is 9.84 Å². The van der Waals surface area contributed by atoms with E-state index in [0.717, 1.165) is 0 Å². The van der Waals surface area contributed by atoms with Crippen LogP contribution in [-0.4, -0.2) is 10.0 Å². The third-order valence-electron chi connectivity index (χ3n) is 2.51. The highest BCUT2D eigenvalue weighted by Gasteiger charge is 2.14. The summed E-state index contributed by atoms with van der Waals surface area (Å²) in [7, 11) is 0. The first-order valence-electron chi connectivity index (χ1n) is 5.52. The quantitative estimate of drug-likeness (QED) is 0.678. The number of nitrogens with zero attached hydrogens (tertiary/aromatic N) is 1. The lowest BCUT2D eigenvalue weighted by atomic mass is 10.2. The summed E-state index contributed by atoms with van der Waals surface area (Å²) in [5.41, 5.74) is 0.0730. The maximum atomic E-state index is 13.7. The Balaban J connectivity index is 2.42. The van der Waals surface area contributed by atoms with E-state index in [1.165, 1.54) is 36.4 Å². The van der Waals surface area contributed by atoms with Crippen molar-refractivity contribution in [1.29, 1.82) is 0 Å². The number of ether oxygens (including phenoxy) is 1. The molecule has 0 radical (unpaired) electrons. The average molecular weight is 342 g/mol. The lowest BCUT2D eigenvalue weighted by Gasteiger charge is -2.10. The largest absolute Gasteiger partial charge is 0.454 e. The topological polar surface area (TPSA) is 72.6 Å². The molecule has 5 nitrogen and oxygen atoms in total. The molecule has 0 spiro atoms. The Hall–Kier alpha value is -1.99. The van der Waals surface area contributed by atoms with Crippen molar-refractivity contribution in [3.8, 4) is 11.5 Å². The molecule has 0 unspecified atom stereocenters. The third kappa shape index (κ3) is 3.12. The number of benzene rings is 2. The van der Waals surface area contributed by atoms with E-state index in [2.05, 4.69) is 15.9 Å². The van der Waals surface area contributed by atoms with Gasteiger partial charge in [0, 0.05) is 16.1 Å². The van der Waals surface area contributed by atoms with Gasteiger partial charge in [-0.2, -0.15) is 0 Å². The molecule has 0 aliphatic carbocycles. The highest BCUT2D eigenvalue weighted by Crippen LogP contribution is 2.32. The van der Waals surface area contributed by atoms with Gasteiger partial charge in [-0.05, 0) is 12.1 Å². The molecule has 104 valence electrons. The Labute approximate surface area is 121 Å². The van der Waals surface area contributed by atoms with E-state index >= 15 is 0 Å². The Kier molecular flexibility index (Phi) is 4.31. The number of para-hydroxylation sites is 1. The van der Waals surface area contributed by atoms with Gasteiger partial charge in [0.05, 0.1) is 17.6 Å². The van der Waals surface area contributed by atoms with Crippen LogP contribution in [-0.2, 0) is 6.61 Å². The van der Waals surface area contributed by atoms with Crippen LogP contribution in [0.25, 0.3) is 0 Å². The third-order valence-corrected chi connectivity index (χ3v) is 2.96. The average Bonchev–Trinajstić information content (AvgIpc) is 2.40. The number of aliphatic hydroxyl groups is 1. The standard InChI is InChI=1S/C13H9BrFNO4/c14-9-4-10(16(18)19)6-11(5-9)20-13-8(7-17)2-1-3-12(13)15/h1-6,17H,7H2. The van der Waals surface area contributed by atoms with Crippen molar-refractivity contribution in [2.45, 2.75) is 6.61 Å². The molecule has 0 aliphatic rings. The van der Waals surface area contributed by atoms with Crippen molar-refractivity contribution >= 4 is 21.6 Å². The molecule has 0 saturated heterocycles. The van der Waals surface area contributed by atoms with Crippen LogP contribution < -0.4 is 4.74 Å². The Morgan fingerprint density at radius 3 is 2.75 bits per heavy atom. The Bertz CT molecular complexity index is 663. The molecule has 2 aromatic carbocycles. The number of non-ortho nitro benzene ring substituents is 1. The van der Waals surface area contributed by atoms with Crippen LogP contribution in [0.15, 0.2) is 40.9 Å². The van der Waals surface area contributed by atoms with Crippen molar-refractivity contribution in [2.24, 2.45) is 0 Å². The van der Waals surface area contributed by atoms with E-state index in [1.54, 1.807) is 0 Å². The van der Waals surface area contributed by atoms with E-state index in [0.29, 0.717) is 4.47 Å². The zero-order valence-electron chi connectivity index (χ0n) is 10.0. The Morgan fingerprint density at radius 2 is 2.10 bits per heavy atom. The SMILES string of the molecule is O=[N+]([O-])c1cc(Br)cc(Oc2c(F)cccc2CO)c1. The van der Waals surface area contributed by atoms with Crippen LogP contribution >= 0.6 is 15.9 Å².